The zero-order valence-electron chi connectivity index (χ0n) is 10.5. The minimum absolute atomic E-state index is 0.0103. The molecule has 0 aliphatic carbocycles. The maximum Gasteiger partial charge on any atom is 0.224 e. The Kier molecular flexibility index (Phi) is 5.75. The molecule has 0 fully saturated rings. The summed E-state index contributed by atoms with van der Waals surface area (Å²) in [7, 11) is 0. The maximum atomic E-state index is 13.1. The highest BCUT2D eigenvalue weighted by Gasteiger charge is 2.14. The molecule has 100 valence electrons. The topological polar surface area (TPSA) is 55.1 Å². The number of halogens is 2. The van der Waals surface area contributed by atoms with E-state index in [9.17, 15) is 9.18 Å². The lowest BCUT2D eigenvalue weighted by molar-refractivity contribution is -0.124. The molecule has 0 aliphatic heterocycles. The summed E-state index contributed by atoms with van der Waals surface area (Å²) in [6, 6.07) is 4.85. The number of amides is 1. The van der Waals surface area contributed by atoms with Crippen LogP contribution in [0.1, 0.15) is 19.4 Å². The molecular formula is C13H18BrFN2O. The molecule has 1 aromatic rings. The van der Waals surface area contributed by atoms with Crippen molar-refractivity contribution >= 4 is 21.8 Å². The van der Waals surface area contributed by atoms with Gasteiger partial charge in [0.2, 0.25) is 5.91 Å². The van der Waals surface area contributed by atoms with Crippen molar-refractivity contribution in [2.24, 2.45) is 11.7 Å². The van der Waals surface area contributed by atoms with Crippen LogP contribution in [0, 0.1) is 11.7 Å². The second-order valence-electron chi connectivity index (χ2n) is 4.50. The lowest BCUT2D eigenvalue weighted by Crippen LogP contribution is -2.39. The van der Waals surface area contributed by atoms with Crippen molar-refractivity contribution in [2.45, 2.75) is 26.3 Å². The van der Waals surface area contributed by atoms with Crippen molar-refractivity contribution in [3.63, 3.8) is 0 Å². The third-order valence-corrected chi connectivity index (χ3v) is 3.32. The minimum Gasteiger partial charge on any atom is -0.353 e. The Morgan fingerprint density at radius 3 is 2.72 bits per heavy atom. The normalized spacial score (nSPS) is 14.1. The van der Waals surface area contributed by atoms with Crippen LogP contribution in [0.3, 0.4) is 0 Å². The molecule has 0 radical (unpaired) electrons. The maximum absolute atomic E-state index is 13.1. The van der Waals surface area contributed by atoms with E-state index in [2.05, 4.69) is 21.2 Å². The molecule has 1 amide bonds. The van der Waals surface area contributed by atoms with E-state index in [4.69, 9.17) is 5.73 Å². The molecule has 1 rings (SSSR count). The first kappa shape index (κ1) is 15.1. The van der Waals surface area contributed by atoms with Gasteiger partial charge in [0.25, 0.3) is 0 Å². The number of hydrogen-bond donors (Lipinski definition) is 2. The molecule has 0 saturated carbocycles. The van der Waals surface area contributed by atoms with E-state index >= 15 is 0 Å². The van der Waals surface area contributed by atoms with Gasteiger partial charge in [-0.25, -0.2) is 4.39 Å². The number of hydrogen-bond acceptors (Lipinski definition) is 2. The summed E-state index contributed by atoms with van der Waals surface area (Å²) < 4.78 is 13.5. The number of nitrogens with two attached hydrogens (primary N) is 1. The second kappa shape index (κ2) is 6.85. The number of carbonyl (C=O) groups is 1. The van der Waals surface area contributed by atoms with Gasteiger partial charge in [0.1, 0.15) is 5.82 Å². The molecule has 0 aromatic heterocycles. The average Bonchev–Trinajstić information content (AvgIpc) is 2.32. The highest BCUT2D eigenvalue weighted by atomic mass is 79.9. The Balaban J connectivity index is 2.56. The first-order valence-corrected chi connectivity index (χ1v) is 6.67. The van der Waals surface area contributed by atoms with E-state index in [1.807, 2.05) is 6.92 Å². The van der Waals surface area contributed by atoms with E-state index in [0.717, 1.165) is 5.56 Å². The fourth-order valence-corrected chi connectivity index (χ4v) is 1.99. The van der Waals surface area contributed by atoms with E-state index in [-0.39, 0.29) is 23.7 Å². The molecule has 3 nitrogen and oxygen atoms in total. The highest BCUT2D eigenvalue weighted by Crippen LogP contribution is 2.17. The van der Waals surface area contributed by atoms with Crippen molar-refractivity contribution in [1.29, 1.82) is 0 Å². The van der Waals surface area contributed by atoms with Crippen LogP contribution in [0.4, 0.5) is 4.39 Å². The van der Waals surface area contributed by atoms with E-state index < -0.39 is 0 Å². The molecule has 0 saturated heterocycles. The number of carbonyl (C=O) groups excluding carboxylic acids is 1. The molecular weight excluding hydrogens is 299 g/mol. The highest BCUT2D eigenvalue weighted by molar-refractivity contribution is 9.10. The number of benzene rings is 1. The second-order valence-corrected chi connectivity index (χ2v) is 5.35. The Morgan fingerprint density at radius 1 is 1.50 bits per heavy atom. The first-order valence-electron chi connectivity index (χ1n) is 5.88. The lowest BCUT2D eigenvalue weighted by Gasteiger charge is -2.17. The van der Waals surface area contributed by atoms with Crippen molar-refractivity contribution in [1.82, 2.24) is 5.32 Å². The van der Waals surface area contributed by atoms with Crippen LogP contribution in [0.25, 0.3) is 0 Å². The van der Waals surface area contributed by atoms with Gasteiger partial charge < -0.3 is 11.1 Å². The van der Waals surface area contributed by atoms with Crippen LogP contribution >= 0.6 is 15.9 Å². The number of nitrogens with one attached hydrogen (secondary N) is 1. The third kappa shape index (κ3) is 4.38. The average molecular weight is 317 g/mol. The van der Waals surface area contributed by atoms with Crippen LogP contribution < -0.4 is 11.1 Å². The first-order chi connectivity index (χ1) is 8.43. The minimum atomic E-state index is -0.285. The lowest BCUT2D eigenvalue weighted by atomic mass is 10.1. The van der Waals surface area contributed by atoms with Crippen LogP contribution in [0.2, 0.25) is 0 Å². The molecule has 1 aromatic carbocycles. The van der Waals surface area contributed by atoms with Gasteiger partial charge in [-0.3, -0.25) is 4.79 Å². The van der Waals surface area contributed by atoms with Gasteiger partial charge in [-0.1, -0.05) is 13.0 Å². The summed E-state index contributed by atoms with van der Waals surface area (Å²) in [4.78, 5) is 11.6. The Labute approximate surface area is 115 Å². The summed E-state index contributed by atoms with van der Waals surface area (Å²) >= 11 is 3.14. The molecule has 0 spiro atoms. The smallest absolute Gasteiger partial charge is 0.224 e. The molecule has 0 heterocycles. The SMILES string of the molecule is CC(Cc1ccc(F)c(Br)c1)NC(=O)C(C)CN. The van der Waals surface area contributed by atoms with Crippen molar-refractivity contribution in [3.05, 3.63) is 34.1 Å². The predicted octanol–water partition coefficient (Wildman–Crippen LogP) is 2.23. The quantitative estimate of drug-likeness (QED) is 0.875. The monoisotopic (exact) mass is 316 g/mol. The van der Waals surface area contributed by atoms with Gasteiger partial charge in [0.05, 0.1) is 4.47 Å². The van der Waals surface area contributed by atoms with Crippen LogP contribution in [-0.4, -0.2) is 18.5 Å². The largest absolute Gasteiger partial charge is 0.353 e. The standard InChI is InChI=1S/C13H18BrFN2O/c1-8(7-16)13(18)17-9(2)5-10-3-4-12(15)11(14)6-10/h3-4,6,8-9H,5,7,16H2,1-2H3,(H,17,18). The fraction of sp³-hybridized carbons (Fsp3) is 0.462. The van der Waals surface area contributed by atoms with E-state index in [0.29, 0.717) is 17.4 Å². The molecule has 18 heavy (non-hydrogen) atoms. The van der Waals surface area contributed by atoms with E-state index in [1.54, 1.807) is 19.1 Å². The zero-order valence-corrected chi connectivity index (χ0v) is 12.1. The summed E-state index contributed by atoms with van der Waals surface area (Å²) in [5.41, 5.74) is 6.40. The van der Waals surface area contributed by atoms with Crippen molar-refractivity contribution in [2.75, 3.05) is 6.54 Å². The zero-order chi connectivity index (χ0) is 13.7. The van der Waals surface area contributed by atoms with Gasteiger partial charge in [-0.15, -0.1) is 0 Å². The number of rotatable bonds is 5. The van der Waals surface area contributed by atoms with Crippen LogP contribution in [-0.2, 0) is 11.2 Å². The van der Waals surface area contributed by atoms with E-state index in [1.165, 1.54) is 6.07 Å². The van der Waals surface area contributed by atoms with Gasteiger partial charge in [0.15, 0.2) is 0 Å². The summed E-state index contributed by atoms with van der Waals surface area (Å²) in [5.74, 6) is -0.522. The summed E-state index contributed by atoms with van der Waals surface area (Å²) in [5, 5.41) is 2.89. The molecule has 2 atom stereocenters. The molecule has 0 bridgehead atoms. The van der Waals surface area contributed by atoms with Gasteiger partial charge >= 0.3 is 0 Å². The summed E-state index contributed by atoms with van der Waals surface area (Å²) in [6.45, 7) is 4.04. The van der Waals surface area contributed by atoms with Crippen molar-refractivity contribution < 1.29 is 9.18 Å². The molecule has 0 aliphatic rings. The Bertz CT molecular complexity index is 425. The predicted molar refractivity (Wildman–Crippen MR) is 73.6 cm³/mol. The van der Waals surface area contributed by atoms with Gasteiger partial charge in [0, 0.05) is 18.5 Å². The van der Waals surface area contributed by atoms with Crippen LogP contribution in [0.5, 0.6) is 0 Å². The fourth-order valence-electron chi connectivity index (χ4n) is 1.56. The van der Waals surface area contributed by atoms with Crippen LogP contribution in [0.15, 0.2) is 22.7 Å². The Morgan fingerprint density at radius 2 is 2.17 bits per heavy atom. The third-order valence-electron chi connectivity index (χ3n) is 2.72. The molecule has 3 N–H and O–H groups in total. The molecule has 2 unspecified atom stereocenters. The van der Waals surface area contributed by atoms with Gasteiger partial charge in [-0.2, -0.15) is 0 Å². The van der Waals surface area contributed by atoms with Crippen molar-refractivity contribution in [3.8, 4) is 0 Å². The molecule has 5 heteroatoms. The Hall–Kier alpha value is -0.940. The van der Waals surface area contributed by atoms with Gasteiger partial charge in [-0.05, 0) is 47.0 Å². The summed E-state index contributed by atoms with van der Waals surface area (Å²) in [6.07, 6.45) is 0.655.